The summed E-state index contributed by atoms with van der Waals surface area (Å²) < 4.78 is 5.04. The number of esters is 1. The molecule has 1 unspecified atom stereocenters. The molecule has 0 aromatic rings. The van der Waals surface area contributed by atoms with Gasteiger partial charge in [-0.25, -0.2) is 0 Å². The van der Waals surface area contributed by atoms with E-state index in [4.69, 9.17) is 16.3 Å². The summed E-state index contributed by atoms with van der Waals surface area (Å²) in [4.78, 5) is 11.3. The molecule has 0 spiro atoms. The number of ether oxygens (including phenoxy) is 1. The third-order valence-electron chi connectivity index (χ3n) is 2.25. The largest absolute Gasteiger partial charge is 0.446 e. The number of carbonyl (C=O) groups is 1. The predicted octanol–water partition coefficient (Wildman–Crippen LogP) is 4.11. The molecular formula is C12H23ClO2. The van der Waals surface area contributed by atoms with Crippen LogP contribution in [-0.2, 0) is 9.53 Å². The number of rotatable bonds is 8. The predicted molar refractivity (Wildman–Crippen MR) is 63.9 cm³/mol. The zero-order valence-electron chi connectivity index (χ0n) is 10.1. The Labute approximate surface area is 98.3 Å². The molecule has 0 aromatic heterocycles. The fourth-order valence-electron chi connectivity index (χ4n) is 1.19. The van der Waals surface area contributed by atoms with Gasteiger partial charge in [-0.3, -0.25) is 4.79 Å². The van der Waals surface area contributed by atoms with E-state index < -0.39 is 5.56 Å². The minimum absolute atomic E-state index is 0.166. The van der Waals surface area contributed by atoms with Crippen LogP contribution in [0.15, 0.2) is 0 Å². The van der Waals surface area contributed by atoms with Gasteiger partial charge in [0.25, 0.3) is 0 Å². The Kier molecular flexibility index (Phi) is 8.88. The van der Waals surface area contributed by atoms with E-state index in [0.717, 1.165) is 12.8 Å². The van der Waals surface area contributed by atoms with Crippen LogP contribution in [-0.4, -0.2) is 11.5 Å². The maximum absolute atomic E-state index is 11.3. The van der Waals surface area contributed by atoms with Gasteiger partial charge in [0, 0.05) is 12.3 Å². The van der Waals surface area contributed by atoms with Crippen molar-refractivity contribution in [1.29, 1.82) is 0 Å². The molecule has 0 rings (SSSR count). The van der Waals surface area contributed by atoms with E-state index in [1.54, 1.807) is 0 Å². The maximum Gasteiger partial charge on any atom is 0.307 e. The van der Waals surface area contributed by atoms with Crippen LogP contribution >= 0.6 is 11.6 Å². The van der Waals surface area contributed by atoms with Gasteiger partial charge in [0.05, 0.1) is 0 Å². The number of halogens is 1. The molecule has 0 saturated carbocycles. The first-order valence-corrected chi connectivity index (χ1v) is 6.35. The molecule has 0 aliphatic rings. The van der Waals surface area contributed by atoms with Gasteiger partial charge in [-0.1, -0.05) is 58.1 Å². The van der Waals surface area contributed by atoms with E-state index in [2.05, 4.69) is 6.92 Å². The van der Waals surface area contributed by atoms with Crippen LogP contribution in [0.1, 0.15) is 59.3 Å². The second-order valence-corrected chi connectivity index (χ2v) is 4.68. The highest BCUT2D eigenvalue weighted by Gasteiger charge is 2.14. The standard InChI is InChI=1S/C12H23ClO2/c1-4-5-6-7-8-9-11(14)15-12(13)10(2)3/h10,12H,4-9H2,1-3H3. The van der Waals surface area contributed by atoms with E-state index >= 15 is 0 Å². The van der Waals surface area contributed by atoms with E-state index in [1.165, 1.54) is 19.3 Å². The van der Waals surface area contributed by atoms with Gasteiger partial charge in [-0.2, -0.15) is 0 Å². The third kappa shape index (κ3) is 8.73. The average molecular weight is 235 g/mol. The molecule has 0 saturated heterocycles. The minimum atomic E-state index is -0.479. The maximum atomic E-state index is 11.3. The number of carbonyl (C=O) groups excluding carboxylic acids is 1. The molecule has 90 valence electrons. The smallest absolute Gasteiger partial charge is 0.307 e. The highest BCUT2D eigenvalue weighted by molar-refractivity contribution is 6.20. The minimum Gasteiger partial charge on any atom is -0.446 e. The topological polar surface area (TPSA) is 26.3 Å². The van der Waals surface area contributed by atoms with Crippen LogP contribution in [0, 0.1) is 5.92 Å². The van der Waals surface area contributed by atoms with Crippen LogP contribution in [0.2, 0.25) is 0 Å². The molecular weight excluding hydrogens is 212 g/mol. The van der Waals surface area contributed by atoms with Gasteiger partial charge >= 0.3 is 5.97 Å². The summed E-state index contributed by atoms with van der Waals surface area (Å²) in [7, 11) is 0. The summed E-state index contributed by atoms with van der Waals surface area (Å²) in [5.41, 5.74) is -0.479. The lowest BCUT2D eigenvalue weighted by Gasteiger charge is -2.14. The molecule has 0 fully saturated rings. The van der Waals surface area contributed by atoms with Gasteiger partial charge in [0.1, 0.15) is 0 Å². The molecule has 3 heteroatoms. The lowest BCUT2D eigenvalue weighted by molar-refractivity contribution is -0.147. The summed E-state index contributed by atoms with van der Waals surface area (Å²) in [5, 5.41) is 0. The second kappa shape index (κ2) is 9.02. The van der Waals surface area contributed by atoms with Crippen molar-refractivity contribution in [1.82, 2.24) is 0 Å². The van der Waals surface area contributed by atoms with Gasteiger partial charge in [-0.15, -0.1) is 0 Å². The summed E-state index contributed by atoms with van der Waals surface area (Å²) in [6.07, 6.45) is 6.21. The molecule has 1 atom stereocenters. The van der Waals surface area contributed by atoms with Crippen molar-refractivity contribution < 1.29 is 9.53 Å². The van der Waals surface area contributed by atoms with Crippen molar-refractivity contribution in [2.75, 3.05) is 0 Å². The first-order valence-electron chi connectivity index (χ1n) is 5.91. The Morgan fingerprint density at radius 3 is 2.33 bits per heavy atom. The molecule has 0 radical (unpaired) electrons. The summed E-state index contributed by atoms with van der Waals surface area (Å²) >= 11 is 5.83. The molecule has 2 nitrogen and oxygen atoms in total. The van der Waals surface area contributed by atoms with Crippen molar-refractivity contribution >= 4 is 17.6 Å². The fourth-order valence-corrected chi connectivity index (χ4v) is 1.29. The summed E-state index contributed by atoms with van der Waals surface area (Å²) in [6.45, 7) is 6.05. The SMILES string of the molecule is CCCCCCCC(=O)OC(Cl)C(C)C. The lowest BCUT2D eigenvalue weighted by atomic mass is 10.1. The summed E-state index contributed by atoms with van der Waals surface area (Å²) in [6, 6.07) is 0. The lowest BCUT2D eigenvalue weighted by Crippen LogP contribution is -2.17. The van der Waals surface area contributed by atoms with Gasteiger partial charge < -0.3 is 4.74 Å². The van der Waals surface area contributed by atoms with E-state index in [-0.39, 0.29) is 11.9 Å². The molecule has 0 aliphatic carbocycles. The van der Waals surface area contributed by atoms with Crippen molar-refractivity contribution in [2.24, 2.45) is 5.92 Å². The van der Waals surface area contributed by atoms with Crippen molar-refractivity contribution in [3.63, 3.8) is 0 Å². The molecule has 0 N–H and O–H groups in total. The zero-order chi connectivity index (χ0) is 11.7. The number of unbranched alkanes of at least 4 members (excludes halogenated alkanes) is 4. The molecule has 0 heterocycles. The summed E-state index contributed by atoms with van der Waals surface area (Å²) in [5.74, 6) is 0.0101. The normalized spacial score (nSPS) is 12.9. The third-order valence-corrected chi connectivity index (χ3v) is 2.85. The molecule has 0 aliphatic heterocycles. The highest BCUT2D eigenvalue weighted by atomic mass is 35.5. The average Bonchev–Trinajstić information content (AvgIpc) is 2.17. The first kappa shape index (κ1) is 14.8. The van der Waals surface area contributed by atoms with Crippen molar-refractivity contribution in [2.45, 2.75) is 64.9 Å². The fraction of sp³-hybridized carbons (Fsp3) is 0.917. The molecule has 0 bridgehead atoms. The number of hydrogen-bond donors (Lipinski definition) is 0. The highest BCUT2D eigenvalue weighted by Crippen LogP contribution is 2.13. The molecule has 15 heavy (non-hydrogen) atoms. The van der Waals surface area contributed by atoms with E-state index in [9.17, 15) is 4.79 Å². The Hall–Kier alpha value is -0.240. The first-order chi connectivity index (χ1) is 7.07. The van der Waals surface area contributed by atoms with Crippen LogP contribution in [0.5, 0.6) is 0 Å². The monoisotopic (exact) mass is 234 g/mol. The van der Waals surface area contributed by atoms with E-state index in [1.807, 2.05) is 13.8 Å². The Balaban J connectivity index is 3.41. The van der Waals surface area contributed by atoms with Crippen LogP contribution in [0.4, 0.5) is 0 Å². The second-order valence-electron chi connectivity index (χ2n) is 4.25. The van der Waals surface area contributed by atoms with Gasteiger partial charge in [0.15, 0.2) is 5.56 Å². The Morgan fingerprint density at radius 1 is 1.20 bits per heavy atom. The molecule has 0 amide bonds. The van der Waals surface area contributed by atoms with Gasteiger partial charge in [0.2, 0.25) is 0 Å². The van der Waals surface area contributed by atoms with Crippen molar-refractivity contribution in [3.05, 3.63) is 0 Å². The van der Waals surface area contributed by atoms with Crippen molar-refractivity contribution in [3.8, 4) is 0 Å². The molecule has 0 aromatic carbocycles. The van der Waals surface area contributed by atoms with Crippen LogP contribution in [0.3, 0.4) is 0 Å². The quantitative estimate of drug-likeness (QED) is 0.359. The van der Waals surface area contributed by atoms with Gasteiger partial charge in [-0.05, 0) is 6.42 Å². The zero-order valence-corrected chi connectivity index (χ0v) is 10.8. The van der Waals surface area contributed by atoms with Crippen LogP contribution < -0.4 is 0 Å². The Morgan fingerprint density at radius 2 is 1.80 bits per heavy atom. The van der Waals surface area contributed by atoms with Crippen LogP contribution in [0.25, 0.3) is 0 Å². The number of alkyl halides is 1. The Bertz CT molecular complexity index is 169. The van der Waals surface area contributed by atoms with E-state index in [0.29, 0.717) is 6.42 Å². The number of hydrogen-bond acceptors (Lipinski definition) is 2.